The van der Waals surface area contributed by atoms with Crippen LogP contribution < -0.4 is 5.32 Å². The molecule has 1 aliphatic heterocycles. The topological polar surface area (TPSA) is 75.4 Å². The summed E-state index contributed by atoms with van der Waals surface area (Å²) in [5.74, 6) is 1.56. The molecular formula is C16H19N3O3S. The molecule has 1 saturated heterocycles. The third-order valence-corrected chi connectivity index (χ3v) is 4.65. The van der Waals surface area contributed by atoms with Crippen molar-refractivity contribution < 1.29 is 14.0 Å². The summed E-state index contributed by atoms with van der Waals surface area (Å²) in [5, 5.41) is 5.66. The summed E-state index contributed by atoms with van der Waals surface area (Å²) < 4.78 is 5.69. The highest BCUT2D eigenvalue weighted by molar-refractivity contribution is 7.09. The molecule has 2 aromatic heterocycles. The van der Waals surface area contributed by atoms with E-state index in [4.69, 9.17) is 4.42 Å². The molecule has 2 aromatic rings. The van der Waals surface area contributed by atoms with Gasteiger partial charge in [0.15, 0.2) is 5.76 Å². The Labute approximate surface area is 138 Å². The summed E-state index contributed by atoms with van der Waals surface area (Å²) in [5.41, 5.74) is 0.798. The van der Waals surface area contributed by atoms with Gasteiger partial charge in [0, 0.05) is 38.2 Å². The van der Waals surface area contributed by atoms with Crippen molar-refractivity contribution >= 4 is 23.2 Å². The zero-order chi connectivity index (χ0) is 16.2. The maximum atomic E-state index is 11.6. The number of hydrogen-bond donors (Lipinski definition) is 1. The van der Waals surface area contributed by atoms with Crippen molar-refractivity contribution in [2.24, 2.45) is 0 Å². The molecule has 6 nitrogen and oxygen atoms in total. The molecule has 1 fully saturated rings. The molecule has 2 amide bonds. The van der Waals surface area contributed by atoms with Crippen molar-refractivity contribution in [1.29, 1.82) is 0 Å². The molecule has 0 atom stereocenters. The summed E-state index contributed by atoms with van der Waals surface area (Å²) >= 11 is 1.58. The Morgan fingerprint density at radius 2 is 2.35 bits per heavy atom. The fourth-order valence-corrected chi connectivity index (χ4v) is 3.31. The fourth-order valence-electron chi connectivity index (χ4n) is 2.53. The number of furan rings is 1. The van der Waals surface area contributed by atoms with Crippen LogP contribution in [0.3, 0.4) is 0 Å². The highest BCUT2D eigenvalue weighted by Gasteiger charge is 2.20. The van der Waals surface area contributed by atoms with E-state index in [0.717, 1.165) is 36.6 Å². The summed E-state index contributed by atoms with van der Waals surface area (Å²) in [6, 6.07) is 3.70. The molecule has 7 heteroatoms. The van der Waals surface area contributed by atoms with Crippen molar-refractivity contribution in [2.45, 2.75) is 32.7 Å². The van der Waals surface area contributed by atoms with Crippen LogP contribution in [0.2, 0.25) is 0 Å². The Kier molecular flexibility index (Phi) is 4.76. The third-order valence-electron chi connectivity index (χ3n) is 3.74. The highest BCUT2D eigenvalue weighted by atomic mass is 32.1. The van der Waals surface area contributed by atoms with E-state index in [1.54, 1.807) is 11.3 Å². The van der Waals surface area contributed by atoms with Crippen LogP contribution in [0.25, 0.3) is 11.5 Å². The number of likely N-dealkylation sites (tertiary alicyclic amines) is 1. The molecular weight excluding hydrogens is 314 g/mol. The van der Waals surface area contributed by atoms with Crippen LogP contribution in [0.15, 0.2) is 21.9 Å². The molecule has 0 unspecified atom stereocenters. The minimum Gasteiger partial charge on any atom is -0.458 e. The number of thiazole rings is 1. The monoisotopic (exact) mass is 333 g/mol. The molecule has 0 radical (unpaired) electrons. The summed E-state index contributed by atoms with van der Waals surface area (Å²) in [6.07, 6.45) is 2.41. The van der Waals surface area contributed by atoms with E-state index in [-0.39, 0.29) is 11.8 Å². The quantitative estimate of drug-likeness (QED) is 0.879. The molecule has 1 aliphatic rings. The number of hydrogen-bond acceptors (Lipinski definition) is 5. The molecule has 3 rings (SSSR count). The summed E-state index contributed by atoms with van der Waals surface area (Å²) in [7, 11) is 0. The predicted octanol–water partition coefficient (Wildman–Crippen LogP) is 2.20. The first-order chi connectivity index (χ1) is 11.1. The molecule has 0 aromatic carbocycles. The molecule has 23 heavy (non-hydrogen) atoms. The molecule has 3 heterocycles. The molecule has 0 saturated carbocycles. The van der Waals surface area contributed by atoms with Gasteiger partial charge in [0.05, 0.1) is 11.6 Å². The minimum atomic E-state index is -0.0876. The van der Waals surface area contributed by atoms with Gasteiger partial charge in [-0.05, 0) is 18.6 Å². The van der Waals surface area contributed by atoms with Crippen LogP contribution in [0.5, 0.6) is 0 Å². The van der Waals surface area contributed by atoms with E-state index in [0.29, 0.717) is 24.5 Å². The van der Waals surface area contributed by atoms with Gasteiger partial charge >= 0.3 is 0 Å². The maximum Gasteiger partial charge on any atom is 0.222 e. The standard InChI is InChI=1S/C16H19N3O3S/c1-11(20)17-9-12-4-5-14(22-12)13-10-23-15(18-13)6-8-19-7-2-3-16(19)21/h4-5,10H,2-3,6-9H2,1H3,(H,17,20). The first-order valence-corrected chi connectivity index (χ1v) is 8.55. The second-order valence-electron chi connectivity index (χ2n) is 5.54. The van der Waals surface area contributed by atoms with Gasteiger partial charge in [-0.15, -0.1) is 11.3 Å². The number of rotatable bonds is 6. The Bertz CT molecular complexity index is 707. The van der Waals surface area contributed by atoms with Crippen LogP contribution in [0.1, 0.15) is 30.5 Å². The first kappa shape index (κ1) is 15.7. The van der Waals surface area contributed by atoms with Gasteiger partial charge in [-0.2, -0.15) is 0 Å². The smallest absolute Gasteiger partial charge is 0.222 e. The third kappa shape index (κ3) is 3.98. The van der Waals surface area contributed by atoms with E-state index in [9.17, 15) is 9.59 Å². The number of nitrogens with zero attached hydrogens (tertiary/aromatic N) is 2. The molecule has 0 spiro atoms. The van der Waals surface area contributed by atoms with Gasteiger partial charge < -0.3 is 14.6 Å². The zero-order valence-corrected chi connectivity index (χ0v) is 13.8. The number of carbonyl (C=O) groups excluding carboxylic acids is 2. The molecule has 122 valence electrons. The lowest BCUT2D eigenvalue weighted by molar-refractivity contribution is -0.127. The van der Waals surface area contributed by atoms with Crippen molar-refractivity contribution in [1.82, 2.24) is 15.2 Å². The van der Waals surface area contributed by atoms with Crippen molar-refractivity contribution in [2.75, 3.05) is 13.1 Å². The highest BCUT2D eigenvalue weighted by Crippen LogP contribution is 2.24. The van der Waals surface area contributed by atoms with E-state index in [1.807, 2.05) is 22.4 Å². The Morgan fingerprint density at radius 3 is 3.09 bits per heavy atom. The van der Waals surface area contributed by atoms with Gasteiger partial charge in [-0.1, -0.05) is 0 Å². The fraction of sp³-hybridized carbons (Fsp3) is 0.438. The SMILES string of the molecule is CC(=O)NCc1ccc(-c2csc(CCN3CCCC3=O)n2)o1. The van der Waals surface area contributed by atoms with Crippen molar-refractivity contribution in [3.8, 4) is 11.5 Å². The van der Waals surface area contributed by atoms with E-state index in [1.165, 1.54) is 6.92 Å². The second-order valence-corrected chi connectivity index (χ2v) is 6.48. The summed E-state index contributed by atoms with van der Waals surface area (Å²) in [6.45, 7) is 3.45. The Hall–Kier alpha value is -2.15. The minimum absolute atomic E-state index is 0.0876. The van der Waals surface area contributed by atoms with Crippen LogP contribution in [-0.2, 0) is 22.6 Å². The van der Waals surface area contributed by atoms with Crippen LogP contribution in [-0.4, -0.2) is 34.8 Å². The zero-order valence-electron chi connectivity index (χ0n) is 13.0. The number of carbonyl (C=O) groups is 2. The normalized spacial score (nSPS) is 14.5. The molecule has 0 bridgehead atoms. The van der Waals surface area contributed by atoms with Gasteiger partial charge in [0.2, 0.25) is 11.8 Å². The Morgan fingerprint density at radius 1 is 1.48 bits per heavy atom. The van der Waals surface area contributed by atoms with E-state index >= 15 is 0 Å². The lowest BCUT2D eigenvalue weighted by Crippen LogP contribution is -2.26. The van der Waals surface area contributed by atoms with Gasteiger partial charge in [0.25, 0.3) is 0 Å². The largest absolute Gasteiger partial charge is 0.458 e. The average molecular weight is 333 g/mol. The van der Waals surface area contributed by atoms with Gasteiger partial charge in [-0.3, -0.25) is 9.59 Å². The van der Waals surface area contributed by atoms with Crippen molar-refractivity contribution in [3.63, 3.8) is 0 Å². The first-order valence-electron chi connectivity index (χ1n) is 7.67. The summed E-state index contributed by atoms with van der Waals surface area (Å²) in [4.78, 5) is 29.0. The van der Waals surface area contributed by atoms with Crippen LogP contribution in [0.4, 0.5) is 0 Å². The van der Waals surface area contributed by atoms with E-state index < -0.39 is 0 Å². The van der Waals surface area contributed by atoms with Gasteiger partial charge in [-0.25, -0.2) is 4.98 Å². The molecule has 1 N–H and O–H groups in total. The average Bonchev–Trinajstić information content (AvgIpc) is 3.23. The van der Waals surface area contributed by atoms with Crippen LogP contribution >= 0.6 is 11.3 Å². The number of amides is 2. The lowest BCUT2D eigenvalue weighted by Gasteiger charge is -2.13. The second kappa shape index (κ2) is 6.95. The predicted molar refractivity (Wildman–Crippen MR) is 86.9 cm³/mol. The lowest BCUT2D eigenvalue weighted by atomic mass is 10.3. The van der Waals surface area contributed by atoms with Crippen LogP contribution in [0, 0.1) is 0 Å². The maximum absolute atomic E-state index is 11.6. The molecule has 0 aliphatic carbocycles. The Balaban J connectivity index is 1.58. The van der Waals surface area contributed by atoms with Crippen molar-refractivity contribution in [3.05, 3.63) is 28.3 Å². The number of nitrogens with one attached hydrogen (secondary N) is 1. The van der Waals surface area contributed by atoms with E-state index in [2.05, 4.69) is 10.3 Å². The van der Waals surface area contributed by atoms with Gasteiger partial charge in [0.1, 0.15) is 11.5 Å². The number of aromatic nitrogens is 1.